The van der Waals surface area contributed by atoms with Crippen LogP contribution in [0.25, 0.3) is 0 Å². The van der Waals surface area contributed by atoms with Crippen LogP contribution in [0, 0.1) is 13.8 Å². The van der Waals surface area contributed by atoms with Gasteiger partial charge in [0, 0.05) is 19.6 Å². The van der Waals surface area contributed by atoms with Gasteiger partial charge in [-0.15, -0.1) is 0 Å². The molecule has 0 aliphatic carbocycles. The van der Waals surface area contributed by atoms with Crippen LogP contribution in [-0.4, -0.2) is 29.9 Å². The Balaban J connectivity index is 1.91. The van der Waals surface area contributed by atoms with Gasteiger partial charge in [0.05, 0.1) is 6.04 Å². The Morgan fingerprint density at radius 2 is 1.80 bits per heavy atom. The van der Waals surface area contributed by atoms with Crippen LogP contribution in [0.3, 0.4) is 0 Å². The summed E-state index contributed by atoms with van der Waals surface area (Å²) >= 11 is 0. The summed E-state index contributed by atoms with van der Waals surface area (Å²) in [5, 5.41) is 3.39. The van der Waals surface area contributed by atoms with Crippen molar-refractivity contribution in [3.8, 4) is 0 Å². The molecule has 1 heterocycles. The van der Waals surface area contributed by atoms with Gasteiger partial charge in [-0.25, -0.2) is 0 Å². The number of carbonyl (C=O) groups is 1. The van der Waals surface area contributed by atoms with Crippen molar-refractivity contribution in [3.05, 3.63) is 34.9 Å². The number of nitrogens with zero attached hydrogens (tertiary/aromatic N) is 1. The van der Waals surface area contributed by atoms with E-state index >= 15 is 0 Å². The van der Waals surface area contributed by atoms with Crippen molar-refractivity contribution in [3.63, 3.8) is 0 Å². The molecule has 1 aliphatic heterocycles. The molecule has 1 N–H and O–H groups in total. The lowest BCUT2D eigenvalue weighted by molar-refractivity contribution is -0.133. The summed E-state index contributed by atoms with van der Waals surface area (Å²) < 4.78 is 0. The van der Waals surface area contributed by atoms with Crippen LogP contribution >= 0.6 is 0 Å². The standard InChI is InChI=1S/C17H26N2O/c1-13-8-7-9-14(2)16(13)12-18-15(3)17(20)19-10-5-4-6-11-19/h7-9,15,18H,4-6,10-12H2,1-3H3. The molecule has 0 aromatic heterocycles. The number of carbonyl (C=O) groups excluding carboxylic acids is 1. The predicted octanol–water partition coefficient (Wildman–Crippen LogP) is 2.79. The predicted molar refractivity (Wildman–Crippen MR) is 82.6 cm³/mol. The Morgan fingerprint density at radius 1 is 1.20 bits per heavy atom. The van der Waals surface area contributed by atoms with E-state index in [4.69, 9.17) is 0 Å². The van der Waals surface area contributed by atoms with Crippen molar-refractivity contribution in [2.75, 3.05) is 13.1 Å². The molecule has 0 bridgehead atoms. The Hall–Kier alpha value is -1.35. The number of nitrogens with one attached hydrogen (secondary N) is 1. The van der Waals surface area contributed by atoms with Crippen LogP contribution < -0.4 is 5.32 Å². The number of amides is 1. The molecule has 1 fully saturated rings. The first-order valence-electron chi connectivity index (χ1n) is 7.67. The smallest absolute Gasteiger partial charge is 0.239 e. The summed E-state index contributed by atoms with van der Waals surface area (Å²) in [4.78, 5) is 14.4. The van der Waals surface area contributed by atoms with Gasteiger partial charge in [0.15, 0.2) is 0 Å². The fraction of sp³-hybridized carbons (Fsp3) is 0.588. The first-order valence-corrected chi connectivity index (χ1v) is 7.67. The van der Waals surface area contributed by atoms with Crippen LogP contribution in [0.2, 0.25) is 0 Å². The van der Waals surface area contributed by atoms with E-state index in [1.54, 1.807) is 0 Å². The maximum absolute atomic E-state index is 12.4. The lowest BCUT2D eigenvalue weighted by atomic mass is 10.0. The number of piperidine rings is 1. The molecule has 1 saturated heterocycles. The third-order valence-electron chi connectivity index (χ3n) is 4.27. The third-order valence-corrected chi connectivity index (χ3v) is 4.27. The summed E-state index contributed by atoms with van der Waals surface area (Å²) in [6.07, 6.45) is 3.55. The molecule has 1 aliphatic rings. The second-order valence-corrected chi connectivity index (χ2v) is 5.86. The van der Waals surface area contributed by atoms with E-state index in [1.165, 1.54) is 23.1 Å². The maximum Gasteiger partial charge on any atom is 0.239 e. The number of benzene rings is 1. The van der Waals surface area contributed by atoms with Gasteiger partial charge < -0.3 is 10.2 Å². The van der Waals surface area contributed by atoms with Crippen molar-refractivity contribution in [1.82, 2.24) is 10.2 Å². The molecule has 1 aromatic carbocycles. The fourth-order valence-electron chi connectivity index (χ4n) is 2.86. The van der Waals surface area contributed by atoms with Crippen LogP contribution in [-0.2, 0) is 11.3 Å². The highest BCUT2D eigenvalue weighted by Crippen LogP contribution is 2.14. The number of hydrogen-bond acceptors (Lipinski definition) is 2. The molecule has 1 aromatic rings. The normalized spacial score (nSPS) is 17.1. The van der Waals surface area contributed by atoms with Crippen LogP contribution in [0.5, 0.6) is 0 Å². The first kappa shape index (κ1) is 15.0. The molecule has 1 atom stereocenters. The van der Waals surface area contributed by atoms with E-state index in [0.29, 0.717) is 0 Å². The molecule has 0 spiro atoms. The highest BCUT2D eigenvalue weighted by atomic mass is 16.2. The first-order chi connectivity index (χ1) is 9.59. The van der Waals surface area contributed by atoms with E-state index in [2.05, 4.69) is 37.4 Å². The van der Waals surface area contributed by atoms with Gasteiger partial charge in [0.25, 0.3) is 0 Å². The van der Waals surface area contributed by atoms with Crippen molar-refractivity contribution in [1.29, 1.82) is 0 Å². The monoisotopic (exact) mass is 274 g/mol. The van der Waals surface area contributed by atoms with Gasteiger partial charge in [0.1, 0.15) is 0 Å². The SMILES string of the molecule is Cc1cccc(C)c1CNC(C)C(=O)N1CCCCC1. The molecular weight excluding hydrogens is 248 g/mol. The summed E-state index contributed by atoms with van der Waals surface area (Å²) in [6.45, 7) is 8.84. The lowest BCUT2D eigenvalue weighted by Crippen LogP contribution is -2.46. The molecule has 0 saturated carbocycles. The summed E-state index contributed by atoms with van der Waals surface area (Å²) in [5.41, 5.74) is 3.89. The second kappa shape index (κ2) is 6.89. The van der Waals surface area contributed by atoms with E-state index < -0.39 is 0 Å². The average Bonchev–Trinajstić information content (AvgIpc) is 2.46. The van der Waals surface area contributed by atoms with E-state index in [1.807, 2.05) is 11.8 Å². The van der Waals surface area contributed by atoms with Crippen molar-refractivity contribution in [2.24, 2.45) is 0 Å². The summed E-state index contributed by atoms with van der Waals surface area (Å²) in [7, 11) is 0. The van der Waals surface area contributed by atoms with Crippen molar-refractivity contribution in [2.45, 2.75) is 52.6 Å². The number of likely N-dealkylation sites (tertiary alicyclic amines) is 1. The fourth-order valence-corrected chi connectivity index (χ4v) is 2.86. The Kier molecular flexibility index (Phi) is 5.18. The number of aryl methyl sites for hydroxylation is 2. The van der Waals surface area contributed by atoms with Crippen LogP contribution in [0.4, 0.5) is 0 Å². The highest BCUT2D eigenvalue weighted by molar-refractivity contribution is 5.81. The Bertz CT molecular complexity index is 444. The zero-order chi connectivity index (χ0) is 14.5. The van der Waals surface area contributed by atoms with Gasteiger partial charge in [-0.1, -0.05) is 18.2 Å². The zero-order valence-electron chi connectivity index (χ0n) is 12.9. The minimum absolute atomic E-state index is 0.105. The molecule has 2 rings (SSSR count). The minimum atomic E-state index is -0.105. The summed E-state index contributed by atoms with van der Waals surface area (Å²) in [6, 6.07) is 6.23. The Morgan fingerprint density at radius 3 is 2.40 bits per heavy atom. The largest absolute Gasteiger partial charge is 0.341 e. The van der Waals surface area contributed by atoms with E-state index in [0.717, 1.165) is 32.5 Å². The average molecular weight is 274 g/mol. The molecule has 3 heteroatoms. The van der Waals surface area contributed by atoms with Gasteiger partial charge >= 0.3 is 0 Å². The zero-order valence-corrected chi connectivity index (χ0v) is 12.9. The van der Waals surface area contributed by atoms with E-state index in [-0.39, 0.29) is 11.9 Å². The van der Waals surface area contributed by atoms with Gasteiger partial charge in [-0.2, -0.15) is 0 Å². The Labute approximate surface area is 122 Å². The lowest BCUT2D eigenvalue weighted by Gasteiger charge is -2.29. The molecular formula is C17H26N2O. The topological polar surface area (TPSA) is 32.3 Å². The van der Waals surface area contributed by atoms with Crippen LogP contribution in [0.15, 0.2) is 18.2 Å². The third kappa shape index (κ3) is 3.60. The van der Waals surface area contributed by atoms with E-state index in [9.17, 15) is 4.79 Å². The quantitative estimate of drug-likeness (QED) is 0.915. The molecule has 0 radical (unpaired) electrons. The molecule has 110 valence electrons. The molecule has 1 unspecified atom stereocenters. The highest BCUT2D eigenvalue weighted by Gasteiger charge is 2.21. The van der Waals surface area contributed by atoms with Crippen molar-refractivity contribution < 1.29 is 4.79 Å². The molecule has 20 heavy (non-hydrogen) atoms. The van der Waals surface area contributed by atoms with Gasteiger partial charge in [-0.05, 0) is 56.7 Å². The van der Waals surface area contributed by atoms with Crippen molar-refractivity contribution >= 4 is 5.91 Å². The maximum atomic E-state index is 12.4. The molecule has 3 nitrogen and oxygen atoms in total. The summed E-state index contributed by atoms with van der Waals surface area (Å²) in [5.74, 6) is 0.246. The minimum Gasteiger partial charge on any atom is -0.341 e. The van der Waals surface area contributed by atoms with Crippen LogP contribution in [0.1, 0.15) is 42.9 Å². The number of rotatable bonds is 4. The van der Waals surface area contributed by atoms with Gasteiger partial charge in [-0.3, -0.25) is 4.79 Å². The second-order valence-electron chi connectivity index (χ2n) is 5.86. The molecule has 1 amide bonds. The number of hydrogen-bond donors (Lipinski definition) is 1. The van der Waals surface area contributed by atoms with Gasteiger partial charge in [0.2, 0.25) is 5.91 Å².